The standard InChI is InChI=1S/C19H24FN/c1-5-11-21-19(16-8-6-7-14(3)15(16)4)17-10-9-13(2)12-18(17)20/h6-10,12,19,21H,5,11H2,1-4H3. The lowest BCUT2D eigenvalue weighted by molar-refractivity contribution is 0.544. The van der Waals surface area contributed by atoms with Crippen molar-refractivity contribution in [3.8, 4) is 0 Å². The lowest BCUT2D eigenvalue weighted by Gasteiger charge is -2.23. The number of halogens is 1. The monoisotopic (exact) mass is 285 g/mol. The Balaban J connectivity index is 2.49. The molecule has 21 heavy (non-hydrogen) atoms. The fraction of sp³-hybridized carbons (Fsp3) is 0.368. The predicted octanol–water partition coefficient (Wildman–Crippen LogP) is 4.84. The van der Waals surface area contributed by atoms with Crippen molar-refractivity contribution >= 4 is 0 Å². The van der Waals surface area contributed by atoms with Crippen LogP contribution in [0.25, 0.3) is 0 Å². The number of aryl methyl sites for hydroxylation is 2. The van der Waals surface area contributed by atoms with E-state index < -0.39 is 0 Å². The highest BCUT2D eigenvalue weighted by molar-refractivity contribution is 5.41. The fourth-order valence-corrected chi connectivity index (χ4v) is 2.63. The molecular weight excluding hydrogens is 261 g/mol. The highest BCUT2D eigenvalue weighted by Gasteiger charge is 2.19. The molecule has 1 atom stereocenters. The minimum absolute atomic E-state index is 0.0922. The molecule has 1 nitrogen and oxygen atoms in total. The predicted molar refractivity (Wildman–Crippen MR) is 87.2 cm³/mol. The van der Waals surface area contributed by atoms with Gasteiger partial charge in [-0.2, -0.15) is 0 Å². The van der Waals surface area contributed by atoms with Gasteiger partial charge in [-0.3, -0.25) is 0 Å². The van der Waals surface area contributed by atoms with Crippen LogP contribution in [0.3, 0.4) is 0 Å². The van der Waals surface area contributed by atoms with E-state index in [0.717, 1.165) is 29.7 Å². The van der Waals surface area contributed by atoms with E-state index in [4.69, 9.17) is 0 Å². The first kappa shape index (κ1) is 15.7. The van der Waals surface area contributed by atoms with E-state index in [1.165, 1.54) is 11.1 Å². The second kappa shape index (κ2) is 6.86. The zero-order valence-electron chi connectivity index (χ0n) is 13.3. The van der Waals surface area contributed by atoms with Crippen LogP contribution in [0.2, 0.25) is 0 Å². The van der Waals surface area contributed by atoms with Gasteiger partial charge in [0.1, 0.15) is 5.82 Å². The third-order valence-electron chi connectivity index (χ3n) is 4.02. The van der Waals surface area contributed by atoms with Crippen molar-refractivity contribution in [2.45, 2.75) is 40.2 Å². The molecular formula is C19H24FN. The van der Waals surface area contributed by atoms with E-state index in [9.17, 15) is 4.39 Å². The van der Waals surface area contributed by atoms with Crippen molar-refractivity contribution in [1.82, 2.24) is 5.32 Å². The first-order valence-electron chi connectivity index (χ1n) is 7.60. The molecule has 0 aromatic heterocycles. The second-order valence-electron chi connectivity index (χ2n) is 5.70. The van der Waals surface area contributed by atoms with Crippen LogP contribution in [0.5, 0.6) is 0 Å². The first-order chi connectivity index (χ1) is 10.0. The van der Waals surface area contributed by atoms with Gasteiger partial charge < -0.3 is 5.32 Å². The molecule has 1 N–H and O–H groups in total. The molecule has 112 valence electrons. The second-order valence-corrected chi connectivity index (χ2v) is 5.70. The minimum Gasteiger partial charge on any atom is -0.306 e. The maximum absolute atomic E-state index is 14.4. The molecule has 0 saturated heterocycles. The molecule has 2 rings (SSSR count). The minimum atomic E-state index is -0.135. The van der Waals surface area contributed by atoms with Crippen LogP contribution in [0, 0.1) is 26.6 Å². The Labute approximate surface area is 127 Å². The fourth-order valence-electron chi connectivity index (χ4n) is 2.63. The number of rotatable bonds is 5. The molecule has 0 spiro atoms. The van der Waals surface area contributed by atoms with Crippen molar-refractivity contribution in [1.29, 1.82) is 0 Å². The van der Waals surface area contributed by atoms with Crippen molar-refractivity contribution in [2.24, 2.45) is 0 Å². The van der Waals surface area contributed by atoms with E-state index in [0.29, 0.717) is 0 Å². The summed E-state index contributed by atoms with van der Waals surface area (Å²) in [6, 6.07) is 11.6. The third kappa shape index (κ3) is 3.51. The quantitative estimate of drug-likeness (QED) is 0.829. The molecule has 0 amide bonds. The number of hydrogen-bond donors (Lipinski definition) is 1. The Morgan fingerprint density at radius 2 is 1.81 bits per heavy atom. The van der Waals surface area contributed by atoms with Gasteiger partial charge in [0.2, 0.25) is 0 Å². The van der Waals surface area contributed by atoms with Gasteiger partial charge in [-0.05, 0) is 62.1 Å². The highest BCUT2D eigenvalue weighted by Crippen LogP contribution is 2.28. The van der Waals surface area contributed by atoms with E-state index in [2.05, 4.69) is 38.2 Å². The first-order valence-corrected chi connectivity index (χ1v) is 7.60. The van der Waals surface area contributed by atoms with Gasteiger partial charge >= 0.3 is 0 Å². The molecule has 0 aliphatic rings. The van der Waals surface area contributed by atoms with Gasteiger partial charge in [0.15, 0.2) is 0 Å². The molecule has 0 aliphatic heterocycles. The van der Waals surface area contributed by atoms with Crippen molar-refractivity contribution in [2.75, 3.05) is 6.54 Å². The van der Waals surface area contributed by atoms with Crippen LogP contribution in [-0.4, -0.2) is 6.54 Å². The summed E-state index contributed by atoms with van der Waals surface area (Å²) >= 11 is 0. The Kier molecular flexibility index (Phi) is 5.13. The van der Waals surface area contributed by atoms with E-state index >= 15 is 0 Å². The Morgan fingerprint density at radius 3 is 2.48 bits per heavy atom. The van der Waals surface area contributed by atoms with E-state index in [1.807, 2.05) is 25.1 Å². The van der Waals surface area contributed by atoms with Crippen molar-refractivity contribution in [3.05, 3.63) is 70.0 Å². The molecule has 2 heteroatoms. The van der Waals surface area contributed by atoms with Crippen LogP contribution in [0.15, 0.2) is 36.4 Å². The van der Waals surface area contributed by atoms with Crippen LogP contribution >= 0.6 is 0 Å². The molecule has 0 saturated carbocycles. The van der Waals surface area contributed by atoms with Gasteiger partial charge in [0, 0.05) is 5.56 Å². The number of benzene rings is 2. The summed E-state index contributed by atoms with van der Waals surface area (Å²) in [7, 11) is 0. The normalized spacial score (nSPS) is 12.4. The van der Waals surface area contributed by atoms with Gasteiger partial charge in [0.25, 0.3) is 0 Å². The van der Waals surface area contributed by atoms with Crippen molar-refractivity contribution < 1.29 is 4.39 Å². The lowest BCUT2D eigenvalue weighted by atomic mass is 9.92. The molecule has 0 aliphatic carbocycles. The third-order valence-corrected chi connectivity index (χ3v) is 4.02. The maximum Gasteiger partial charge on any atom is 0.128 e. The summed E-state index contributed by atoms with van der Waals surface area (Å²) in [5, 5.41) is 3.49. The average Bonchev–Trinajstić information content (AvgIpc) is 2.45. The Morgan fingerprint density at radius 1 is 1.05 bits per heavy atom. The Bertz CT molecular complexity index is 619. The van der Waals surface area contributed by atoms with E-state index in [-0.39, 0.29) is 11.9 Å². The molecule has 2 aromatic rings. The summed E-state index contributed by atoms with van der Waals surface area (Å²) in [6.45, 7) is 9.11. The van der Waals surface area contributed by atoms with Crippen LogP contribution in [0.1, 0.15) is 47.2 Å². The molecule has 1 unspecified atom stereocenters. The SMILES string of the molecule is CCCNC(c1ccc(C)cc1F)c1cccc(C)c1C. The van der Waals surface area contributed by atoms with Crippen LogP contribution in [0.4, 0.5) is 4.39 Å². The largest absolute Gasteiger partial charge is 0.306 e. The smallest absolute Gasteiger partial charge is 0.128 e. The highest BCUT2D eigenvalue weighted by atomic mass is 19.1. The molecule has 0 heterocycles. The average molecular weight is 285 g/mol. The van der Waals surface area contributed by atoms with Gasteiger partial charge in [-0.15, -0.1) is 0 Å². The van der Waals surface area contributed by atoms with Crippen molar-refractivity contribution in [3.63, 3.8) is 0 Å². The number of hydrogen-bond acceptors (Lipinski definition) is 1. The number of nitrogens with one attached hydrogen (secondary N) is 1. The van der Waals surface area contributed by atoms with Crippen LogP contribution < -0.4 is 5.32 Å². The van der Waals surface area contributed by atoms with Crippen LogP contribution in [-0.2, 0) is 0 Å². The van der Waals surface area contributed by atoms with Gasteiger partial charge in [-0.25, -0.2) is 4.39 Å². The molecule has 0 fully saturated rings. The summed E-state index contributed by atoms with van der Waals surface area (Å²) in [4.78, 5) is 0. The summed E-state index contributed by atoms with van der Waals surface area (Å²) < 4.78 is 14.4. The summed E-state index contributed by atoms with van der Waals surface area (Å²) in [5.41, 5.74) is 5.30. The van der Waals surface area contributed by atoms with Gasteiger partial charge in [-0.1, -0.05) is 37.3 Å². The molecule has 2 aromatic carbocycles. The van der Waals surface area contributed by atoms with Gasteiger partial charge in [0.05, 0.1) is 6.04 Å². The lowest BCUT2D eigenvalue weighted by Crippen LogP contribution is -2.25. The Hall–Kier alpha value is -1.67. The molecule has 0 radical (unpaired) electrons. The summed E-state index contributed by atoms with van der Waals surface area (Å²) in [5.74, 6) is -0.135. The van der Waals surface area contributed by atoms with E-state index in [1.54, 1.807) is 6.07 Å². The maximum atomic E-state index is 14.4. The zero-order chi connectivity index (χ0) is 15.4. The zero-order valence-corrected chi connectivity index (χ0v) is 13.3. The topological polar surface area (TPSA) is 12.0 Å². The molecule has 0 bridgehead atoms. The summed E-state index contributed by atoms with van der Waals surface area (Å²) in [6.07, 6.45) is 1.02.